The molecule has 0 aromatic heterocycles. The van der Waals surface area contributed by atoms with Gasteiger partial charge in [-0.2, -0.15) is 0 Å². The Kier molecular flexibility index (Phi) is 10.4. The number of aliphatic hydroxyl groups is 2. The summed E-state index contributed by atoms with van der Waals surface area (Å²) in [6.45, 7) is -0.250. The molecule has 0 aromatic carbocycles. The summed E-state index contributed by atoms with van der Waals surface area (Å²) < 4.78 is 0. The minimum Gasteiger partial charge on any atom is -0.394 e. The summed E-state index contributed by atoms with van der Waals surface area (Å²) in [7, 11) is 0. The lowest BCUT2D eigenvalue weighted by atomic mass is 9.76. The monoisotopic (exact) mass is 324 g/mol. The molecule has 2 fully saturated rings. The van der Waals surface area contributed by atoms with E-state index in [0.29, 0.717) is 0 Å². The van der Waals surface area contributed by atoms with Crippen LogP contribution in [-0.4, -0.2) is 47.7 Å². The predicted molar refractivity (Wildman–Crippen MR) is 86.5 cm³/mol. The molecule has 130 valence electrons. The van der Waals surface area contributed by atoms with Crippen LogP contribution >= 0.6 is 0 Å². The lowest BCUT2D eigenvalue weighted by molar-refractivity contribution is 0.186. The van der Waals surface area contributed by atoms with E-state index in [0.717, 1.165) is 37.5 Å². The number of rotatable bonds is 5. The van der Waals surface area contributed by atoms with E-state index in [-0.39, 0.29) is 25.3 Å². The summed E-state index contributed by atoms with van der Waals surface area (Å²) in [4.78, 5) is 28.1. The zero-order chi connectivity index (χ0) is 16.9. The van der Waals surface area contributed by atoms with Gasteiger partial charge in [-0.15, -0.1) is 0 Å². The minimum atomic E-state index is -0.125. The largest absolute Gasteiger partial charge is 0.394 e. The van der Waals surface area contributed by atoms with E-state index in [4.69, 9.17) is 10.2 Å². The van der Waals surface area contributed by atoms with Gasteiger partial charge in [-0.3, -0.25) is 0 Å². The standard InChI is InChI=1S/C15H22N2O2.C2H6O2/c18-10-16-14-5-1-12(2-6-14)9-13-3-7-15(8-4-13)17-11-19;3-1-2-4/h12-15H,1-9H2;3-4H,1-2H2. The molecule has 2 rings (SSSR count). The first-order valence-corrected chi connectivity index (χ1v) is 8.59. The van der Waals surface area contributed by atoms with Crippen molar-refractivity contribution in [3.63, 3.8) is 0 Å². The third-order valence-electron chi connectivity index (χ3n) is 4.87. The van der Waals surface area contributed by atoms with E-state index in [9.17, 15) is 9.59 Å². The smallest absolute Gasteiger partial charge is 0.235 e. The molecule has 0 heterocycles. The second-order valence-corrected chi connectivity index (χ2v) is 6.47. The Morgan fingerprint density at radius 1 is 0.696 bits per heavy atom. The highest BCUT2D eigenvalue weighted by Crippen LogP contribution is 2.36. The Morgan fingerprint density at radius 2 is 1.04 bits per heavy atom. The number of hydrogen-bond donors (Lipinski definition) is 2. The first-order chi connectivity index (χ1) is 11.2. The summed E-state index contributed by atoms with van der Waals surface area (Å²) in [5, 5.41) is 15.2. The van der Waals surface area contributed by atoms with Gasteiger partial charge in [0.05, 0.1) is 25.3 Å². The minimum absolute atomic E-state index is 0.125. The zero-order valence-electron chi connectivity index (χ0n) is 13.7. The molecule has 23 heavy (non-hydrogen) atoms. The molecule has 0 saturated heterocycles. The fourth-order valence-corrected chi connectivity index (χ4v) is 3.64. The Labute approximate surface area is 137 Å². The van der Waals surface area contributed by atoms with Crippen molar-refractivity contribution >= 4 is 12.2 Å². The van der Waals surface area contributed by atoms with E-state index in [1.807, 2.05) is 0 Å². The lowest BCUT2D eigenvalue weighted by Crippen LogP contribution is -2.23. The maximum atomic E-state index is 10.2. The Bertz CT molecular complexity index is 363. The van der Waals surface area contributed by atoms with Crippen molar-refractivity contribution in [1.29, 1.82) is 0 Å². The van der Waals surface area contributed by atoms with Crippen molar-refractivity contribution in [3.8, 4) is 0 Å². The molecular weight excluding hydrogens is 296 g/mol. The van der Waals surface area contributed by atoms with Crippen molar-refractivity contribution in [3.05, 3.63) is 0 Å². The highest BCUT2D eigenvalue weighted by Gasteiger charge is 2.26. The SMILES string of the molecule is O=C=NC1CCC(CC2CCC(N=C=O)CC2)CC1.OCCO. The van der Waals surface area contributed by atoms with Gasteiger partial charge in [0.1, 0.15) is 0 Å². The molecule has 2 N–H and O–H groups in total. The highest BCUT2D eigenvalue weighted by atomic mass is 16.3. The van der Waals surface area contributed by atoms with Crippen LogP contribution in [0.4, 0.5) is 0 Å². The van der Waals surface area contributed by atoms with Crippen LogP contribution in [0, 0.1) is 11.8 Å². The third-order valence-corrected chi connectivity index (χ3v) is 4.87. The molecular formula is C17H28N2O4. The van der Waals surface area contributed by atoms with Gasteiger partial charge in [-0.25, -0.2) is 19.6 Å². The number of isocyanates is 2. The number of nitrogens with zero attached hydrogens (tertiary/aromatic N) is 2. The molecule has 6 nitrogen and oxygen atoms in total. The van der Waals surface area contributed by atoms with E-state index in [1.54, 1.807) is 12.2 Å². The molecule has 6 heteroatoms. The zero-order valence-corrected chi connectivity index (χ0v) is 13.7. The van der Waals surface area contributed by atoms with Gasteiger partial charge in [-0.05, 0) is 69.6 Å². The van der Waals surface area contributed by atoms with Gasteiger partial charge < -0.3 is 10.2 Å². The Morgan fingerprint density at radius 3 is 1.30 bits per heavy atom. The number of aliphatic hydroxyl groups excluding tert-OH is 2. The third kappa shape index (κ3) is 8.19. The molecule has 0 bridgehead atoms. The summed E-state index contributed by atoms with van der Waals surface area (Å²) in [5.74, 6) is 1.60. The predicted octanol–water partition coefficient (Wildman–Crippen LogP) is 2.14. The molecule has 0 aromatic rings. The van der Waals surface area contributed by atoms with Crippen molar-refractivity contribution in [2.45, 2.75) is 69.9 Å². The van der Waals surface area contributed by atoms with Crippen LogP contribution in [-0.2, 0) is 9.59 Å². The summed E-state index contributed by atoms with van der Waals surface area (Å²) in [5.41, 5.74) is 0. The van der Waals surface area contributed by atoms with E-state index in [1.165, 1.54) is 32.1 Å². The fourth-order valence-electron chi connectivity index (χ4n) is 3.64. The second kappa shape index (κ2) is 12.1. The van der Waals surface area contributed by atoms with Crippen molar-refractivity contribution < 1.29 is 19.8 Å². The molecule has 0 amide bonds. The normalized spacial score (nSPS) is 30.2. The average molecular weight is 324 g/mol. The van der Waals surface area contributed by atoms with E-state index < -0.39 is 0 Å². The molecule has 0 radical (unpaired) electrons. The lowest BCUT2D eigenvalue weighted by Gasteiger charge is -2.31. The number of carbonyl (C=O) groups excluding carboxylic acids is 2. The summed E-state index contributed by atoms with van der Waals surface area (Å²) >= 11 is 0. The first-order valence-electron chi connectivity index (χ1n) is 8.59. The number of aliphatic imine (C=N–C) groups is 2. The molecule has 0 atom stereocenters. The van der Waals surface area contributed by atoms with Gasteiger partial charge in [0.15, 0.2) is 0 Å². The summed E-state index contributed by atoms with van der Waals surface area (Å²) in [6.07, 6.45) is 13.6. The highest BCUT2D eigenvalue weighted by molar-refractivity contribution is 5.33. The van der Waals surface area contributed by atoms with Crippen LogP contribution in [0.2, 0.25) is 0 Å². The molecule has 2 aliphatic rings. The topological polar surface area (TPSA) is 99.3 Å². The van der Waals surface area contributed by atoms with Gasteiger partial charge in [-0.1, -0.05) is 0 Å². The van der Waals surface area contributed by atoms with E-state index >= 15 is 0 Å². The maximum absolute atomic E-state index is 10.2. The van der Waals surface area contributed by atoms with Crippen molar-refractivity contribution in [2.24, 2.45) is 21.8 Å². The Hall–Kier alpha value is -1.32. The van der Waals surface area contributed by atoms with Gasteiger partial charge >= 0.3 is 0 Å². The molecule has 0 unspecified atom stereocenters. The fraction of sp³-hybridized carbons (Fsp3) is 0.882. The van der Waals surface area contributed by atoms with Crippen LogP contribution in [0.25, 0.3) is 0 Å². The molecule has 0 spiro atoms. The van der Waals surface area contributed by atoms with Gasteiger partial charge in [0.2, 0.25) is 12.2 Å². The average Bonchev–Trinajstić information content (AvgIpc) is 2.59. The summed E-state index contributed by atoms with van der Waals surface area (Å²) in [6, 6.07) is 0.456. The van der Waals surface area contributed by atoms with Crippen molar-refractivity contribution in [1.82, 2.24) is 0 Å². The van der Waals surface area contributed by atoms with Crippen LogP contribution in [0.5, 0.6) is 0 Å². The maximum Gasteiger partial charge on any atom is 0.235 e. The van der Waals surface area contributed by atoms with Crippen LogP contribution in [0.1, 0.15) is 57.8 Å². The van der Waals surface area contributed by atoms with Crippen LogP contribution < -0.4 is 0 Å². The van der Waals surface area contributed by atoms with Crippen LogP contribution in [0.3, 0.4) is 0 Å². The molecule has 2 saturated carbocycles. The number of hydrogen-bond acceptors (Lipinski definition) is 6. The van der Waals surface area contributed by atoms with Gasteiger partial charge in [0, 0.05) is 0 Å². The van der Waals surface area contributed by atoms with Crippen molar-refractivity contribution in [2.75, 3.05) is 13.2 Å². The van der Waals surface area contributed by atoms with Crippen LogP contribution in [0.15, 0.2) is 9.98 Å². The first kappa shape index (κ1) is 19.7. The Balaban J connectivity index is 0.000000593. The molecule has 0 aliphatic heterocycles. The van der Waals surface area contributed by atoms with Gasteiger partial charge in [0.25, 0.3) is 0 Å². The second-order valence-electron chi connectivity index (χ2n) is 6.47. The quantitative estimate of drug-likeness (QED) is 0.598. The molecule has 2 aliphatic carbocycles. The van der Waals surface area contributed by atoms with E-state index in [2.05, 4.69) is 9.98 Å².